The van der Waals surface area contributed by atoms with Crippen molar-refractivity contribution in [3.05, 3.63) is 73.9 Å². The zero-order valence-electron chi connectivity index (χ0n) is 22.6. The number of likely N-dealkylation sites (tertiary alicyclic amines) is 1. The van der Waals surface area contributed by atoms with Crippen molar-refractivity contribution in [2.45, 2.75) is 65.2 Å². The lowest BCUT2D eigenvalue weighted by Gasteiger charge is -2.35. The highest BCUT2D eigenvalue weighted by Gasteiger charge is 2.44. The fraction of sp³-hybridized carbons (Fsp3) is 0.400. The summed E-state index contributed by atoms with van der Waals surface area (Å²) in [7, 11) is 0. The molecule has 2 aromatic carbocycles. The van der Waals surface area contributed by atoms with Crippen LogP contribution in [0.15, 0.2) is 48.0 Å². The van der Waals surface area contributed by atoms with Gasteiger partial charge in [0.05, 0.1) is 22.1 Å². The number of carbonyl (C=O) groups is 3. The van der Waals surface area contributed by atoms with Gasteiger partial charge in [0.1, 0.15) is 12.1 Å². The molecule has 0 bridgehead atoms. The van der Waals surface area contributed by atoms with Gasteiger partial charge in [0.25, 0.3) is 5.91 Å². The van der Waals surface area contributed by atoms with E-state index in [2.05, 4.69) is 51.1 Å². The van der Waals surface area contributed by atoms with E-state index in [0.29, 0.717) is 25.1 Å². The minimum Gasteiger partial charge on any atom is -0.348 e. The van der Waals surface area contributed by atoms with Gasteiger partial charge in [0, 0.05) is 22.2 Å². The number of carbonyl (C=O) groups excluding carboxylic acids is 3. The summed E-state index contributed by atoms with van der Waals surface area (Å²) >= 11 is 3.94. The fourth-order valence-electron chi connectivity index (χ4n) is 5.74. The van der Waals surface area contributed by atoms with Crippen molar-refractivity contribution in [2.75, 3.05) is 6.54 Å². The Morgan fingerprint density at radius 2 is 1.92 bits per heavy atom. The molecule has 39 heavy (non-hydrogen) atoms. The number of nitrogens with one attached hydrogen (secondary N) is 1. The van der Waals surface area contributed by atoms with Crippen molar-refractivity contribution in [3.63, 3.8) is 0 Å². The SMILES string of the molecule is Cc1ncsc1-c1ccc(C(C)NC(=O)C2CCCN2C(=O)[C@H](C(C)C)N2Cc3ccccc3C2=O)c(I)c1. The summed E-state index contributed by atoms with van der Waals surface area (Å²) in [5.74, 6) is -0.486. The Morgan fingerprint density at radius 1 is 1.15 bits per heavy atom. The number of nitrogens with zero attached hydrogens (tertiary/aromatic N) is 3. The molecular formula is C30H33IN4O3S. The molecule has 9 heteroatoms. The second-order valence-electron chi connectivity index (χ2n) is 10.7. The van der Waals surface area contributed by atoms with Crippen molar-refractivity contribution >= 4 is 51.6 Å². The maximum atomic E-state index is 13.9. The summed E-state index contributed by atoms with van der Waals surface area (Å²) in [5, 5.41) is 3.16. The highest BCUT2D eigenvalue weighted by atomic mass is 127. The molecule has 3 heterocycles. The van der Waals surface area contributed by atoms with Gasteiger partial charge in [-0.25, -0.2) is 4.98 Å². The molecule has 0 aliphatic carbocycles. The summed E-state index contributed by atoms with van der Waals surface area (Å²) < 4.78 is 1.07. The third-order valence-electron chi connectivity index (χ3n) is 7.74. The summed E-state index contributed by atoms with van der Waals surface area (Å²) in [6, 6.07) is 12.4. The third kappa shape index (κ3) is 5.35. The minimum absolute atomic E-state index is 0.0822. The Labute approximate surface area is 247 Å². The van der Waals surface area contributed by atoms with Crippen LogP contribution in [-0.4, -0.2) is 51.1 Å². The second-order valence-corrected chi connectivity index (χ2v) is 12.7. The molecule has 3 amide bonds. The van der Waals surface area contributed by atoms with Gasteiger partial charge < -0.3 is 15.1 Å². The Hall–Kier alpha value is -2.79. The highest BCUT2D eigenvalue weighted by Crippen LogP contribution is 2.32. The molecule has 1 aromatic heterocycles. The standard InChI is InChI=1S/C30H33IN4O3S/c1-17(2)26(35-15-21-8-5-6-9-23(21)29(35)37)30(38)34-13-7-10-25(34)28(36)33-18(3)22-12-11-20(14-24(22)31)27-19(4)32-16-39-27/h5-6,8-9,11-12,14,16-18,25-26H,7,10,13,15H2,1-4H3,(H,33,36)/t18?,25?,26-/m0/s1. The second kappa shape index (κ2) is 11.4. The van der Waals surface area contributed by atoms with E-state index in [1.807, 2.05) is 57.5 Å². The first-order valence-electron chi connectivity index (χ1n) is 13.4. The first-order chi connectivity index (χ1) is 18.7. The van der Waals surface area contributed by atoms with Crippen molar-refractivity contribution in [2.24, 2.45) is 5.92 Å². The molecule has 204 valence electrons. The number of fused-ring (bicyclic) bond motifs is 1. The molecule has 0 radical (unpaired) electrons. The maximum absolute atomic E-state index is 13.9. The van der Waals surface area contributed by atoms with Crippen LogP contribution in [0.25, 0.3) is 10.4 Å². The monoisotopic (exact) mass is 656 g/mol. The first kappa shape index (κ1) is 27.8. The number of halogens is 1. The van der Waals surface area contributed by atoms with Crippen LogP contribution in [0.1, 0.15) is 66.8 Å². The molecule has 5 rings (SSSR count). The van der Waals surface area contributed by atoms with E-state index in [9.17, 15) is 14.4 Å². The molecular weight excluding hydrogens is 623 g/mol. The van der Waals surface area contributed by atoms with Crippen molar-refractivity contribution < 1.29 is 14.4 Å². The Balaban J connectivity index is 1.30. The van der Waals surface area contributed by atoms with Crippen molar-refractivity contribution in [3.8, 4) is 10.4 Å². The average molecular weight is 657 g/mol. The molecule has 2 aliphatic rings. The van der Waals surface area contributed by atoms with Crippen LogP contribution in [0.2, 0.25) is 0 Å². The molecule has 3 atom stereocenters. The van der Waals surface area contributed by atoms with Gasteiger partial charge in [0.2, 0.25) is 11.8 Å². The number of amides is 3. The molecule has 2 unspecified atom stereocenters. The maximum Gasteiger partial charge on any atom is 0.255 e. The topological polar surface area (TPSA) is 82.6 Å². The molecule has 3 aromatic rings. The summed E-state index contributed by atoms with van der Waals surface area (Å²) in [4.78, 5) is 49.5. The number of thiazole rings is 1. The zero-order chi connectivity index (χ0) is 27.8. The van der Waals surface area contributed by atoms with E-state index in [-0.39, 0.29) is 29.7 Å². The predicted octanol–water partition coefficient (Wildman–Crippen LogP) is 5.57. The summed E-state index contributed by atoms with van der Waals surface area (Å²) in [5.41, 5.74) is 6.61. The quantitative estimate of drug-likeness (QED) is 0.338. The predicted molar refractivity (Wildman–Crippen MR) is 161 cm³/mol. The largest absolute Gasteiger partial charge is 0.348 e. The number of rotatable bonds is 7. The van der Waals surface area contributed by atoms with Gasteiger partial charge in [-0.3, -0.25) is 14.4 Å². The number of aromatic nitrogens is 1. The normalized spacial score (nSPS) is 18.4. The van der Waals surface area contributed by atoms with Crippen LogP contribution < -0.4 is 5.32 Å². The van der Waals surface area contributed by atoms with Gasteiger partial charge in [-0.15, -0.1) is 11.3 Å². The lowest BCUT2D eigenvalue weighted by Crippen LogP contribution is -2.55. The van der Waals surface area contributed by atoms with Gasteiger partial charge in [0.15, 0.2) is 0 Å². The van der Waals surface area contributed by atoms with E-state index in [0.717, 1.165) is 37.3 Å². The molecule has 1 saturated heterocycles. The van der Waals surface area contributed by atoms with E-state index in [1.165, 1.54) is 0 Å². The number of aryl methyl sites for hydroxylation is 1. The Morgan fingerprint density at radius 3 is 2.59 bits per heavy atom. The van der Waals surface area contributed by atoms with E-state index < -0.39 is 12.1 Å². The lowest BCUT2D eigenvalue weighted by atomic mass is 10.00. The first-order valence-corrected chi connectivity index (χ1v) is 15.3. The summed E-state index contributed by atoms with van der Waals surface area (Å²) in [6.07, 6.45) is 1.38. The van der Waals surface area contributed by atoms with E-state index in [4.69, 9.17) is 0 Å². The lowest BCUT2D eigenvalue weighted by molar-refractivity contribution is -0.143. The summed E-state index contributed by atoms with van der Waals surface area (Å²) in [6.45, 7) is 8.85. The molecule has 0 saturated carbocycles. The Kier molecular flexibility index (Phi) is 8.09. The van der Waals surface area contributed by atoms with Crippen LogP contribution in [0.5, 0.6) is 0 Å². The van der Waals surface area contributed by atoms with Crippen LogP contribution in [-0.2, 0) is 16.1 Å². The minimum atomic E-state index is -0.612. The fourth-order valence-corrected chi connectivity index (χ4v) is 7.52. The van der Waals surface area contributed by atoms with Crippen molar-refractivity contribution in [1.29, 1.82) is 0 Å². The van der Waals surface area contributed by atoms with Gasteiger partial charge in [-0.1, -0.05) is 44.2 Å². The number of hydrogen-bond acceptors (Lipinski definition) is 5. The molecule has 1 fully saturated rings. The third-order valence-corrected chi connectivity index (χ3v) is 9.65. The number of benzene rings is 2. The Bertz CT molecular complexity index is 1420. The van der Waals surface area contributed by atoms with E-state index in [1.54, 1.807) is 21.1 Å². The zero-order valence-corrected chi connectivity index (χ0v) is 25.6. The smallest absolute Gasteiger partial charge is 0.255 e. The van der Waals surface area contributed by atoms with Gasteiger partial charge >= 0.3 is 0 Å². The van der Waals surface area contributed by atoms with E-state index >= 15 is 0 Å². The molecule has 0 spiro atoms. The highest BCUT2D eigenvalue weighted by molar-refractivity contribution is 14.1. The average Bonchev–Trinajstić information content (AvgIpc) is 3.63. The van der Waals surface area contributed by atoms with Crippen LogP contribution in [0.4, 0.5) is 0 Å². The molecule has 2 aliphatic heterocycles. The number of hydrogen-bond donors (Lipinski definition) is 1. The van der Waals surface area contributed by atoms with Gasteiger partial charge in [-0.2, -0.15) is 0 Å². The molecule has 7 nitrogen and oxygen atoms in total. The van der Waals surface area contributed by atoms with Crippen LogP contribution in [0, 0.1) is 16.4 Å². The molecule has 1 N–H and O–H groups in total. The van der Waals surface area contributed by atoms with Crippen LogP contribution >= 0.6 is 33.9 Å². The van der Waals surface area contributed by atoms with Gasteiger partial charge in [-0.05, 0) is 84.0 Å². The van der Waals surface area contributed by atoms with Crippen molar-refractivity contribution in [1.82, 2.24) is 20.1 Å². The van der Waals surface area contributed by atoms with Crippen LogP contribution in [0.3, 0.4) is 0 Å².